The van der Waals surface area contributed by atoms with Gasteiger partial charge in [-0.25, -0.2) is 4.79 Å². The van der Waals surface area contributed by atoms with Crippen molar-refractivity contribution in [3.05, 3.63) is 35.9 Å². The summed E-state index contributed by atoms with van der Waals surface area (Å²) in [6, 6.07) is 9.17. The first-order valence-electron chi connectivity index (χ1n) is 5.83. The second-order valence-electron chi connectivity index (χ2n) is 4.21. The smallest absolute Gasteiger partial charge is 0.375 e. The molecule has 0 aliphatic heterocycles. The fourth-order valence-electron chi connectivity index (χ4n) is 1.72. The quantitative estimate of drug-likeness (QED) is 0.816. The number of aliphatic carboxylic acids is 1. The van der Waals surface area contributed by atoms with Crippen LogP contribution in [0.4, 0.5) is 8.78 Å². The summed E-state index contributed by atoms with van der Waals surface area (Å²) < 4.78 is 26.4. The highest BCUT2D eigenvalue weighted by Crippen LogP contribution is 2.17. The van der Waals surface area contributed by atoms with Crippen molar-refractivity contribution in [3.8, 4) is 0 Å². The number of alkyl halides is 2. The van der Waals surface area contributed by atoms with Gasteiger partial charge in [-0.1, -0.05) is 37.3 Å². The van der Waals surface area contributed by atoms with Crippen LogP contribution in [0.3, 0.4) is 0 Å². The predicted octanol–water partition coefficient (Wildman–Crippen LogP) is 2.62. The number of benzene rings is 1. The third-order valence-electron chi connectivity index (χ3n) is 2.52. The van der Waals surface area contributed by atoms with Crippen molar-refractivity contribution >= 4 is 5.97 Å². The Bertz CT molecular complexity index is 382. The Morgan fingerprint density at radius 2 is 1.94 bits per heavy atom. The molecule has 0 radical (unpaired) electrons. The van der Waals surface area contributed by atoms with Crippen LogP contribution in [0.15, 0.2) is 30.3 Å². The standard InChI is InChI=1S/C13H17F2NO2/c1-2-8-16(10-13(14,15)12(17)18)9-11-6-4-3-5-7-11/h3-7H,2,8-10H2,1H3,(H,17,18). The van der Waals surface area contributed by atoms with Gasteiger partial charge in [0.25, 0.3) is 0 Å². The molecule has 1 rings (SSSR count). The lowest BCUT2D eigenvalue weighted by Crippen LogP contribution is -2.42. The highest BCUT2D eigenvalue weighted by Gasteiger charge is 2.40. The molecule has 18 heavy (non-hydrogen) atoms. The Balaban J connectivity index is 2.69. The van der Waals surface area contributed by atoms with E-state index in [1.54, 1.807) is 0 Å². The van der Waals surface area contributed by atoms with Gasteiger partial charge < -0.3 is 5.11 Å². The number of hydrogen-bond donors (Lipinski definition) is 1. The van der Waals surface area contributed by atoms with Crippen LogP contribution in [0.25, 0.3) is 0 Å². The lowest BCUT2D eigenvalue weighted by molar-refractivity contribution is -0.167. The maximum atomic E-state index is 13.2. The summed E-state index contributed by atoms with van der Waals surface area (Å²) in [5.41, 5.74) is 0.895. The van der Waals surface area contributed by atoms with Crippen LogP contribution in [0.2, 0.25) is 0 Å². The number of carbonyl (C=O) groups is 1. The van der Waals surface area contributed by atoms with Gasteiger partial charge in [-0.05, 0) is 18.5 Å². The number of nitrogens with zero attached hydrogens (tertiary/aromatic N) is 1. The van der Waals surface area contributed by atoms with Crippen LogP contribution in [-0.2, 0) is 11.3 Å². The fourth-order valence-corrected chi connectivity index (χ4v) is 1.72. The Morgan fingerprint density at radius 1 is 1.33 bits per heavy atom. The summed E-state index contributed by atoms with van der Waals surface area (Å²) in [6.07, 6.45) is 0.697. The molecule has 1 aromatic rings. The topological polar surface area (TPSA) is 40.5 Å². The molecule has 5 heteroatoms. The average Bonchev–Trinajstić information content (AvgIpc) is 2.30. The van der Waals surface area contributed by atoms with E-state index < -0.39 is 18.4 Å². The van der Waals surface area contributed by atoms with E-state index in [2.05, 4.69) is 0 Å². The second kappa shape index (κ2) is 6.44. The molecule has 0 saturated heterocycles. The Kier molecular flexibility index (Phi) is 5.22. The first-order chi connectivity index (χ1) is 8.45. The molecule has 0 aliphatic carbocycles. The minimum atomic E-state index is -3.70. The van der Waals surface area contributed by atoms with Crippen LogP contribution >= 0.6 is 0 Å². The van der Waals surface area contributed by atoms with Crippen LogP contribution in [0.1, 0.15) is 18.9 Å². The third kappa shape index (κ3) is 4.41. The molecule has 0 aliphatic rings. The zero-order valence-electron chi connectivity index (χ0n) is 10.3. The van der Waals surface area contributed by atoms with Gasteiger partial charge in [0.2, 0.25) is 0 Å². The molecule has 0 saturated carbocycles. The number of carboxylic acid groups (broad SMARTS) is 1. The highest BCUT2D eigenvalue weighted by molar-refractivity contribution is 5.75. The summed E-state index contributed by atoms with van der Waals surface area (Å²) in [6.45, 7) is 1.89. The molecular formula is C13H17F2NO2. The Morgan fingerprint density at radius 3 is 2.44 bits per heavy atom. The fraction of sp³-hybridized carbons (Fsp3) is 0.462. The van der Waals surface area contributed by atoms with E-state index in [1.807, 2.05) is 37.3 Å². The van der Waals surface area contributed by atoms with Gasteiger partial charge in [0.1, 0.15) is 0 Å². The molecule has 0 fully saturated rings. The molecule has 0 heterocycles. The molecule has 1 aromatic carbocycles. The zero-order chi connectivity index (χ0) is 13.6. The van der Waals surface area contributed by atoms with Crippen LogP contribution in [0.5, 0.6) is 0 Å². The number of carboxylic acids is 1. The van der Waals surface area contributed by atoms with Gasteiger partial charge in [0.15, 0.2) is 0 Å². The molecule has 0 bridgehead atoms. The normalized spacial score (nSPS) is 11.8. The predicted molar refractivity (Wildman–Crippen MR) is 64.6 cm³/mol. The van der Waals surface area contributed by atoms with E-state index >= 15 is 0 Å². The van der Waals surface area contributed by atoms with Gasteiger partial charge in [-0.15, -0.1) is 0 Å². The number of halogens is 2. The average molecular weight is 257 g/mol. The van der Waals surface area contributed by atoms with Crippen molar-refractivity contribution in [2.24, 2.45) is 0 Å². The second-order valence-corrected chi connectivity index (χ2v) is 4.21. The van der Waals surface area contributed by atoms with Crippen molar-refractivity contribution in [2.75, 3.05) is 13.1 Å². The number of hydrogen-bond acceptors (Lipinski definition) is 2. The minimum Gasteiger partial charge on any atom is -0.477 e. The van der Waals surface area contributed by atoms with Gasteiger partial charge >= 0.3 is 11.9 Å². The lowest BCUT2D eigenvalue weighted by Gasteiger charge is -2.24. The van der Waals surface area contributed by atoms with E-state index in [1.165, 1.54) is 4.90 Å². The molecule has 1 N–H and O–H groups in total. The van der Waals surface area contributed by atoms with E-state index in [0.717, 1.165) is 5.56 Å². The summed E-state index contributed by atoms with van der Waals surface area (Å²) in [7, 11) is 0. The molecule has 0 amide bonds. The van der Waals surface area contributed by atoms with E-state index in [0.29, 0.717) is 19.5 Å². The van der Waals surface area contributed by atoms with Crippen LogP contribution in [0, 0.1) is 0 Å². The van der Waals surface area contributed by atoms with E-state index in [9.17, 15) is 13.6 Å². The van der Waals surface area contributed by atoms with Crippen molar-refractivity contribution in [2.45, 2.75) is 25.8 Å². The third-order valence-corrected chi connectivity index (χ3v) is 2.52. The lowest BCUT2D eigenvalue weighted by atomic mass is 10.2. The van der Waals surface area contributed by atoms with Crippen LogP contribution < -0.4 is 0 Å². The van der Waals surface area contributed by atoms with Crippen molar-refractivity contribution in [1.82, 2.24) is 4.90 Å². The first-order valence-corrected chi connectivity index (χ1v) is 5.83. The van der Waals surface area contributed by atoms with E-state index in [4.69, 9.17) is 5.11 Å². The molecule has 3 nitrogen and oxygen atoms in total. The highest BCUT2D eigenvalue weighted by atomic mass is 19.3. The summed E-state index contributed by atoms with van der Waals surface area (Å²) in [5, 5.41) is 8.45. The molecule has 0 spiro atoms. The minimum absolute atomic E-state index is 0.331. The Hall–Kier alpha value is -1.49. The van der Waals surface area contributed by atoms with Crippen molar-refractivity contribution in [1.29, 1.82) is 0 Å². The number of rotatable bonds is 7. The van der Waals surface area contributed by atoms with Gasteiger partial charge in [0.05, 0.1) is 6.54 Å². The molecule has 100 valence electrons. The summed E-state index contributed by atoms with van der Waals surface area (Å²) in [5.74, 6) is -5.78. The largest absolute Gasteiger partial charge is 0.477 e. The molecular weight excluding hydrogens is 240 g/mol. The van der Waals surface area contributed by atoms with E-state index in [-0.39, 0.29) is 0 Å². The summed E-state index contributed by atoms with van der Waals surface area (Å²) >= 11 is 0. The maximum absolute atomic E-state index is 13.2. The maximum Gasteiger partial charge on any atom is 0.375 e. The Labute approximate surface area is 105 Å². The van der Waals surface area contributed by atoms with Gasteiger partial charge in [-0.3, -0.25) is 4.90 Å². The summed E-state index contributed by atoms with van der Waals surface area (Å²) in [4.78, 5) is 11.9. The molecule has 0 atom stereocenters. The SMILES string of the molecule is CCCN(Cc1ccccc1)CC(F)(F)C(=O)O. The van der Waals surface area contributed by atoms with Crippen LogP contribution in [-0.4, -0.2) is 35.0 Å². The van der Waals surface area contributed by atoms with Gasteiger partial charge in [-0.2, -0.15) is 8.78 Å². The molecule has 0 aromatic heterocycles. The molecule has 0 unspecified atom stereocenters. The monoisotopic (exact) mass is 257 g/mol. The van der Waals surface area contributed by atoms with Crippen molar-refractivity contribution < 1.29 is 18.7 Å². The van der Waals surface area contributed by atoms with Gasteiger partial charge in [0, 0.05) is 6.54 Å². The first kappa shape index (κ1) is 14.6. The zero-order valence-corrected chi connectivity index (χ0v) is 10.3. The van der Waals surface area contributed by atoms with Crippen molar-refractivity contribution in [3.63, 3.8) is 0 Å².